The SMILES string of the molecule is COc1cc(OC)cc(OCc2nc3ccccc3o2)c1. The number of aromatic nitrogens is 1. The number of hydrogen-bond acceptors (Lipinski definition) is 5. The van der Waals surface area contributed by atoms with Crippen molar-refractivity contribution in [3.8, 4) is 17.2 Å². The fourth-order valence-corrected chi connectivity index (χ4v) is 1.99. The van der Waals surface area contributed by atoms with Crippen molar-refractivity contribution in [1.29, 1.82) is 0 Å². The maximum Gasteiger partial charge on any atom is 0.233 e. The van der Waals surface area contributed by atoms with Crippen LogP contribution in [0.15, 0.2) is 46.9 Å². The van der Waals surface area contributed by atoms with E-state index in [0.717, 1.165) is 11.1 Å². The van der Waals surface area contributed by atoms with E-state index in [9.17, 15) is 0 Å². The molecule has 0 amide bonds. The van der Waals surface area contributed by atoms with E-state index in [4.69, 9.17) is 18.6 Å². The molecule has 21 heavy (non-hydrogen) atoms. The number of hydrogen-bond donors (Lipinski definition) is 0. The number of methoxy groups -OCH3 is 2. The van der Waals surface area contributed by atoms with E-state index >= 15 is 0 Å². The van der Waals surface area contributed by atoms with Gasteiger partial charge in [-0.3, -0.25) is 0 Å². The third kappa shape index (κ3) is 2.91. The Morgan fingerprint density at radius 2 is 1.62 bits per heavy atom. The molecule has 0 unspecified atom stereocenters. The molecule has 2 aromatic carbocycles. The number of oxazole rings is 1. The highest BCUT2D eigenvalue weighted by molar-refractivity contribution is 5.72. The Balaban J connectivity index is 1.77. The molecule has 1 aromatic heterocycles. The van der Waals surface area contributed by atoms with Crippen LogP contribution in [0, 0.1) is 0 Å². The van der Waals surface area contributed by atoms with Gasteiger partial charge >= 0.3 is 0 Å². The molecule has 0 spiro atoms. The van der Waals surface area contributed by atoms with Crippen molar-refractivity contribution in [2.75, 3.05) is 14.2 Å². The third-order valence-corrected chi connectivity index (χ3v) is 3.03. The lowest BCUT2D eigenvalue weighted by Crippen LogP contribution is -1.97. The van der Waals surface area contributed by atoms with Crippen molar-refractivity contribution in [2.45, 2.75) is 6.61 Å². The van der Waals surface area contributed by atoms with Gasteiger partial charge in [-0.05, 0) is 12.1 Å². The van der Waals surface area contributed by atoms with Crippen LogP contribution in [0.25, 0.3) is 11.1 Å². The van der Waals surface area contributed by atoms with Gasteiger partial charge in [0.25, 0.3) is 0 Å². The van der Waals surface area contributed by atoms with Gasteiger partial charge in [-0.1, -0.05) is 12.1 Å². The molecule has 0 N–H and O–H groups in total. The summed E-state index contributed by atoms with van der Waals surface area (Å²) in [5.74, 6) is 2.50. The van der Waals surface area contributed by atoms with Crippen LogP contribution in [0.3, 0.4) is 0 Å². The number of benzene rings is 2. The van der Waals surface area contributed by atoms with E-state index < -0.39 is 0 Å². The van der Waals surface area contributed by atoms with E-state index in [1.54, 1.807) is 32.4 Å². The topological polar surface area (TPSA) is 53.7 Å². The van der Waals surface area contributed by atoms with Gasteiger partial charge in [0.2, 0.25) is 5.89 Å². The summed E-state index contributed by atoms with van der Waals surface area (Å²) >= 11 is 0. The molecule has 5 heteroatoms. The summed E-state index contributed by atoms with van der Waals surface area (Å²) in [5.41, 5.74) is 1.57. The lowest BCUT2D eigenvalue weighted by Gasteiger charge is -2.08. The second kappa shape index (κ2) is 5.75. The standard InChI is InChI=1S/C16H15NO4/c1-18-11-7-12(19-2)9-13(8-11)20-10-16-17-14-5-3-4-6-15(14)21-16/h3-9H,10H2,1-2H3. The zero-order valence-electron chi connectivity index (χ0n) is 11.8. The Bertz CT molecular complexity index is 696. The molecule has 3 rings (SSSR count). The van der Waals surface area contributed by atoms with Crippen molar-refractivity contribution in [1.82, 2.24) is 4.98 Å². The van der Waals surface area contributed by atoms with Crippen molar-refractivity contribution in [3.63, 3.8) is 0 Å². The zero-order chi connectivity index (χ0) is 14.7. The van der Waals surface area contributed by atoms with Crippen LogP contribution in [0.2, 0.25) is 0 Å². The molecule has 5 nitrogen and oxygen atoms in total. The minimum Gasteiger partial charge on any atom is -0.496 e. The first kappa shape index (κ1) is 13.3. The third-order valence-electron chi connectivity index (χ3n) is 3.03. The molecule has 0 saturated heterocycles. The van der Waals surface area contributed by atoms with Crippen molar-refractivity contribution >= 4 is 11.1 Å². The summed E-state index contributed by atoms with van der Waals surface area (Å²) in [7, 11) is 3.19. The quantitative estimate of drug-likeness (QED) is 0.719. The molecule has 108 valence electrons. The maximum absolute atomic E-state index is 5.69. The molecule has 0 aliphatic heterocycles. The highest BCUT2D eigenvalue weighted by Gasteiger charge is 2.07. The molecule has 3 aromatic rings. The van der Waals surface area contributed by atoms with Crippen molar-refractivity contribution in [3.05, 3.63) is 48.4 Å². The summed E-state index contributed by atoms with van der Waals surface area (Å²) < 4.78 is 21.7. The lowest BCUT2D eigenvalue weighted by molar-refractivity contribution is 0.264. The van der Waals surface area contributed by atoms with Gasteiger partial charge in [-0.15, -0.1) is 0 Å². The molecule has 0 saturated carbocycles. The number of nitrogens with zero attached hydrogens (tertiary/aromatic N) is 1. The average molecular weight is 285 g/mol. The Hall–Kier alpha value is -2.69. The summed E-state index contributed by atoms with van der Waals surface area (Å²) in [6.45, 7) is 0.241. The average Bonchev–Trinajstić information content (AvgIpc) is 2.95. The van der Waals surface area contributed by atoms with Crippen LogP contribution < -0.4 is 14.2 Å². The Morgan fingerprint density at radius 3 is 2.29 bits per heavy atom. The molecule has 1 heterocycles. The fraction of sp³-hybridized carbons (Fsp3) is 0.188. The predicted molar refractivity (Wildman–Crippen MR) is 77.9 cm³/mol. The first-order valence-electron chi connectivity index (χ1n) is 6.49. The second-order valence-electron chi connectivity index (χ2n) is 4.41. The number of para-hydroxylation sites is 2. The Labute approximate surface area is 122 Å². The summed E-state index contributed by atoms with van der Waals surface area (Å²) in [4.78, 5) is 4.36. The molecular weight excluding hydrogens is 270 g/mol. The Morgan fingerprint density at radius 1 is 0.952 bits per heavy atom. The fourth-order valence-electron chi connectivity index (χ4n) is 1.99. The van der Waals surface area contributed by atoms with Gasteiger partial charge in [0.05, 0.1) is 14.2 Å². The summed E-state index contributed by atoms with van der Waals surface area (Å²) in [6, 6.07) is 13.0. The Kier molecular flexibility index (Phi) is 3.64. The monoisotopic (exact) mass is 285 g/mol. The van der Waals surface area contributed by atoms with Crippen LogP contribution in [0.1, 0.15) is 5.89 Å². The van der Waals surface area contributed by atoms with Gasteiger partial charge in [0, 0.05) is 18.2 Å². The van der Waals surface area contributed by atoms with Crippen LogP contribution in [0.5, 0.6) is 17.2 Å². The van der Waals surface area contributed by atoms with Crippen molar-refractivity contribution < 1.29 is 18.6 Å². The molecule has 0 fully saturated rings. The van der Waals surface area contributed by atoms with Crippen molar-refractivity contribution in [2.24, 2.45) is 0 Å². The van der Waals surface area contributed by atoms with Crippen LogP contribution in [-0.2, 0) is 6.61 Å². The van der Waals surface area contributed by atoms with E-state index in [2.05, 4.69) is 4.98 Å². The van der Waals surface area contributed by atoms with E-state index in [1.807, 2.05) is 24.3 Å². The highest BCUT2D eigenvalue weighted by atomic mass is 16.5. The molecular formula is C16H15NO4. The van der Waals surface area contributed by atoms with E-state index in [-0.39, 0.29) is 6.61 Å². The largest absolute Gasteiger partial charge is 0.496 e. The molecule has 0 radical (unpaired) electrons. The predicted octanol–water partition coefficient (Wildman–Crippen LogP) is 3.42. The number of fused-ring (bicyclic) bond motifs is 1. The van der Waals surface area contributed by atoms with Crippen LogP contribution >= 0.6 is 0 Å². The summed E-state index contributed by atoms with van der Waals surface area (Å²) in [6.07, 6.45) is 0. The molecule has 0 aliphatic rings. The number of rotatable bonds is 5. The van der Waals surface area contributed by atoms with E-state index in [1.165, 1.54) is 0 Å². The maximum atomic E-state index is 5.69. The molecule has 0 aliphatic carbocycles. The van der Waals surface area contributed by atoms with Crippen LogP contribution in [-0.4, -0.2) is 19.2 Å². The smallest absolute Gasteiger partial charge is 0.233 e. The highest BCUT2D eigenvalue weighted by Crippen LogP contribution is 2.28. The normalized spacial score (nSPS) is 10.6. The van der Waals surface area contributed by atoms with Gasteiger partial charge in [0.1, 0.15) is 22.8 Å². The van der Waals surface area contributed by atoms with Gasteiger partial charge in [-0.25, -0.2) is 4.98 Å². The lowest BCUT2D eigenvalue weighted by atomic mass is 10.3. The summed E-state index contributed by atoms with van der Waals surface area (Å²) in [5, 5.41) is 0. The minimum atomic E-state index is 0.241. The minimum absolute atomic E-state index is 0.241. The zero-order valence-corrected chi connectivity index (χ0v) is 11.8. The van der Waals surface area contributed by atoms with Gasteiger partial charge in [-0.2, -0.15) is 0 Å². The first-order chi connectivity index (χ1) is 10.3. The van der Waals surface area contributed by atoms with E-state index in [0.29, 0.717) is 23.1 Å². The molecule has 0 atom stereocenters. The first-order valence-corrected chi connectivity index (χ1v) is 6.49. The van der Waals surface area contributed by atoms with Gasteiger partial charge < -0.3 is 18.6 Å². The molecule has 0 bridgehead atoms. The second-order valence-corrected chi connectivity index (χ2v) is 4.41. The van der Waals surface area contributed by atoms with Crippen LogP contribution in [0.4, 0.5) is 0 Å². The van der Waals surface area contributed by atoms with Gasteiger partial charge in [0.15, 0.2) is 12.2 Å². The number of ether oxygens (including phenoxy) is 3.